The number of carbonyl (C=O) groups excluding carboxylic acids is 1. The molecule has 2 aromatic heterocycles. The van der Waals surface area contributed by atoms with Crippen molar-refractivity contribution in [2.75, 3.05) is 17.8 Å². The highest BCUT2D eigenvalue weighted by atomic mass is 32.2. The summed E-state index contributed by atoms with van der Waals surface area (Å²) in [6.07, 6.45) is 0. The summed E-state index contributed by atoms with van der Waals surface area (Å²) < 4.78 is 6.94. The van der Waals surface area contributed by atoms with Crippen molar-refractivity contribution in [3.8, 4) is 11.4 Å². The molecule has 7 nitrogen and oxygen atoms in total. The van der Waals surface area contributed by atoms with Crippen LogP contribution in [-0.4, -0.2) is 39.0 Å². The lowest BCUT2D eigenvalue weighted by molar-refractivity contribution is -0.116. The molecule has 0 atom stereocenters. The summed E-state index contributed by atoms with van der Waals surface area (Å²) in [6, 6.07) is 17.6. The summed E-state index contributed by atoms with van der Waals surface area (Å²) >= 11 is 2.95. The molecule has 1 amide bonds. The number of aryl methyl sites for hydroxylation is 2. The van der Waals surface area contributed by atoms with E-state index < -0.39 is 0 Å². The van der Waals surface area contributed by atoms with Crippen LogP contribution in [0.2, 0.25) is 0 Å². The number of tetrazole rings is 1. The van der Waals surface area contributed by atoms with E-state index in [0.717, 1.165) is 27.6 Å². The molecule has 0 aliphatic heterocycles. The van der Waals surface area contributed by atoms with E-state index in [1.54, 1.807) is 28.0 Å². The normalized spacial score (nSPS) is 10.8. The molecule has 164 valence electrons. The maximum absolute atomic E-state index is 13.3. The van der Waals surface area contributed by atoms with Crippen LogP contribution in [0, 0.1) is 13.8 Å². The van der Waals surface area contributed by atoms with E-state index in [-0.39, 0.29) is 11.7 Å². The third-order valence-corrected chi connectivity index (χ3v) is 6.69. The van der Waals surface area contributed by atoms with Gasteiger partial charge in [-0.1, -0.05) is 35.5 Å². The van der Waals surface area contributed by atoms with Crippen molar-refractivity contribution >= 4 is 34.7 Å². The lowest BCUT2D eigenvalue weighted by Crippen LogP contribution is -2.31. The van der Waals surface area contributed by atoms with Crippen molar-refractivity contribution in [3.63, 3.8) is 0 Å². The SMILES string of the molecule is COc1ccc(N(Cc2cccs2)C(=O)CSc2nnnn2-c2ccc(C)cc2C)cc1. The van der Waals surface area contributed by atoms with E-state index in [1.807, 2.05) is 67.8 Å². The van der Waals surface area contributed by atoms with Crippen LogP contribution in [0.4, 0.5) is 5.69 Å². The summed E-state index contributed by atoms with van der Waals surface area (Å²) in [5, 5.41) is 14.7. The minimum Gasteiger partial charge on any atom is -0.497 e. The summed E-state index contributed by atoms with van der Waals surface area (Å²) in [5.74, 6) is 0.936. The van der Waals surface area contributed by atoms with Crippen LogP contribution >= 0.6 is 23.1 Å². The number of thiophene rings is 1. The molecule has 0 bridgehead atoms. The maximum Gasteiger partial charge on any atom is 0.237 e. The number of carbonyl (C=O) groups is 1. The van der Waals surface area contributed by atoms with Crippen molar-refractivity contribution < 1.29 is 9.53 Å². The molecule has 0 spiro atoms. The summed E-state index contributed by atoms with van der Waals surface area (Å²) in [7, 11) is 1.63. The van der Waals surface area contributed by atoms with Gasteiger partial charge in [-0.3, -0.25) is 4.79 Å². The number of benzene rings is 2. The second-order valence-corrected chi connectivity index (χ2v) is 9.18. The predicted octanol–water partition coefficient (Wildman–Crippen LogP) is 4.67. The molecule has 0 unspecified atom stereocenters. The van der Waals surface area contributed by atoms with Gasteiger partial charge in [-0.15, -0.1) is 16.4 Å². The van der Waals surface area contributed by atoms with Crippen LogP contribution in [0.15, 0.2) is 65.1 Å². The van der Waals surface area contributed by atoms with E-state index in [0.29, 0.717) is 11.7 Å². The average Bonchev–Trinajstić information content (AvgIpc) is 3.48. The zero-order valence-electron chi connectivity index (χ0n) is 18.1. The number of hydrogen-bond donors (Lipinski definition) is 0. The summed E-state index contributed by atoms with van der Waals surface area (Å²) in [4.78, 5) is 16.2. The van der Waals surface area contributed by atoms with Gasteiger partial charge in [-0.25, -0.2) is 0 Å². The van der Waals surface area contributed by atoms with Gasteiger partial charge >= 0.3 is 0 Å². The number of methoxy groups -OCH3 is 1. The number of rotatable bonds is 8. The Morgan fingerprint density at radius 2 is 1.97 bits per heavy atom. The van der Waals surface area contributed by atoms with Crippen molar-refractivity contribution in [1.29, 1.82) is 0 Å². The minimum atomic E-state index is -0.0243. The Balaban J connectivity index is 1.53. The van der Waals surface area contributed by atoms with Gasteiger partial charge in [0, 0.05) is 10.6 Å². The quantitative estimate of drug-likeness (QED) is 0.352. The molecule has 32 heavy (non-hydrogen) atoms. The molecule has 0 aliphatic carbocycles. The van der Waals surface area contributed by atoms with E-state index in [4.69, 9.17) is 4.74 Å². The highest BCUT2D eigenvalue weighted by Gasteiger charge is 2.20. The molecule has 9 heteroatoms. The molecular weight excluding hydrogens is 442 g/mol. The van der Waals surface area contributed by atoms with Gasteiger partial charge in [0.15, 0.2) is 0 Å². The molecule has 4 aromatic rings. The molecule has 0 aliphatic rings. The van der Waals surface area contributed by atoms with Crippen LogP contribution in [0.1, 0.15) is 16.0 Å². The third-order valence-electron chi connectivity index (χ3n) is 4.93. The highest BCUT2D eigenvalue weighted by Crippen LogP contribution is 2.26. The number of thioether (sulfide) groups is 1. The van der Waals surface area contributed by atoms with Crippen molar-refractivity contribution in [2.45, 2.75) is 25.5 Å². The maximum atomic E-state index is 13.3. The number of ether oxygens (including phenoxy) is 1. The Labute approximate surface area is 195 Å². The number of anilines is 1. The lowest BCUT2D eigenvalue weighted by Gasteiger charge is -2.22. The van der Waals surface area contributed by atoms with Crippen molar-refractivity contribution in [3.05, 3.63) is 76.0 Å². The zero-order chi connectivity index (χ0) is 22.5. The van der Waals surface area contributed by atoms with Crippen molar-refractivity contribution in [2.24, 2.45) is 0 Å². The summed E-state index contributed by atoms with van der Waals surface area (Å²) in [5.41, 5.74) is 3.97. The highest BCUT2D eigenvalue weighted by molar-refractivity contribution is 7.99. The summed E-state index contributed by atoms with van der Waals surface area (Å²) in [6.45, 7) is 4.58. The smallest absolute Gasteiger partial charge is 0.237 e. The van der Waals surface area contributed by atoms with E-state index in [1.165, 1.54) is 17.3 Å². The number of aromatic nitrogens is 4. The molecule has 2 heterocycles. The molecule has 0 saturated heterocycles. The van der Waals surface area contributed by atoms with E-state index in [9.17, 15) is 4.79 Å². The van der Waals surface area contributed by atoms with E-state index >= 15 is 0 Å². The average molecular weight is 466 g/mol. The Bertz CT molecular complexity index is 1190. The van der Waals surface area contributed by atoms with Gasteiger partial charge in [0.25, 0.3) is 0 Å². The first kappa shape index (κ1) is 22.0. The fraction of sp³-hybridized carbons (Fsp3) is 0.217. The second-order valence-electron chi connectivity index (χ2n) is 7.21. The molecule has 4 rings (SSSR count). The number of nitrogens with zero attached hydrogens (tertiary/aromatic N) is 5. The first-order valence-electron chi connectivity index (χ1n) is 10.0. The Morgan fingerprint density at radius 3 is 2.66 bits per heavy atom. The van der Waals surface area contributed by atoms with Crippen LogP contribution in [-0.2, 0) is 11.3 Å². The first-order valence-corrected chi connectivity index (χ1v) is 11.9. The Kier molecular flexibility index (Phi) is 6.87. The number of hydrogen-bond acceptors (Lipinski definition) is 7. The van der Waals surface area contributed by atoms with Gasteiger partial charge in [0.1, 0.15) is 5.75 Å². The zero-order valence-corrected chi connectivity index (χ0v) is 19.7. The fourth-order valence-corrected chi connectivity index (χ4v) is 4.76. The Morgan fingerprint density at radius 1 is 1.16 bits per heavy atom. The predicted molar refractivity (Wildman–Crippen MR) is 128 cm³/mol. The van der Waals surface area contributed by atoms with Crippen molar-refractivity contribution in [1.82, 2.24) is 20.2 Å². The Hall–Kier alpha value is -3.17. The fourth-order valence-electron chi connectivity index (χ4n) is 3.31. The van der Waals surface area contributed by atoms with Crippen LogP contribution in [0.5, 0.6) is 5.75 Å². The van der Waals surface area contributed by atoms with Crippen LogP contribution < -0.4 is 9.64 Å². The van der Waals surface area contributed by atoms with Gasteiger partial charge in [0.2, 0.25) is 11.1 Å². The topological polar surface area (TPSA) is 73.1 Å². The molecular formula is C23H23N5O2S2. The third kappa shape index (κ3) is 5.00. The van der Waals surface area contributed by atoms with Gasteiger partial charge in [0.05, 0.1) is 25.1 Å². The standard InChI is InChI=1S/C23H23N5O2S2/c1-16-6-11-21(17(2)13-16)28-23(24-25-26-28)32-15-22(29)27(14-20-5-4-12-31-20)18-7-9-19(30-3)10-8-18/h4-13H,14-15H2,1-3H3. The van der Waals surface area contributed by atoms with Gasteiger partial charge < -0.3 is 9.64 Å². The van der Waals surface area contributed by atoms with Crippen LogP contribution in [0.3, 0.4) is 0 Å². The largest absolute Gasteiger partial charge is 0.497 e. The van der Waals surface area contributed by atoms with Gasteiger partial charge in [-0.2, -0.15) is 4.68 Å². The monoisotopic (exact) mass is 465 g/mol. The minimum absolute atomic E-state index is 0.0243. The number of amides is 1. The lowest BCUT2D eigenvalue weighted by atomic mass is 10.1. The molecule has 2 aromatic carbocycles. The van der Waals surface area contributed by atoms with Crippen LogP contribution in [0.25, 0.3) is 5.69 Å². The van der Waals surface area contributed by atoms with E-state index in [2.05, 4.69) is 21.6 Å². The molecule has 0 fully saturated rings. The van der Waals surface area contributed by atoms with Gasteiger partial charge in [-0.05, 0) is 71.6 Å². The molecule has 0 radical (unpaired) electrons. The molecule has 0 saturated carbocycles. The second kappa shape index (κ2) is 9.97. The molecule has 0 N–H and O–H groups in total. The first-order chi connectivity index (χ1) is 15.5.